The van der Waals surface area contributed by atoms with E-state index in [1.165, 1.54) is 0 Å². The van der Waals surface area contributed by atoms with Gasteiger partial charge in [-0.25, -0.2) is 0 Å². The van der Waals surface area contributed by atoms with Crippen molar-refractivity contribution in [1.82, 2.24) is 4.57 Å². The van der Waals surface area contributed by atoms with E-state index in [9.17, 15) is 9.59 Å². The molecule has 6 rings (SSSR count). The van der Waals surface area contributed by atoms with Crippen LogP contribution in [0.15, 0.2) is 47.2 Å². The Labute approximate surface area is 171 Å². The monoisotopic (exact) mass is 399 g/mol. The van der Waals surface area contributed by atoms with Crippen LogP contribution in [0.3, 0.4) is 0 Å². The summed E-state index contributed by atoms with van der Waals surface area (Å²) in [5.41, 5.74) is 4.90. The van der Waals surface area contributed by atoms with Crippen LogP contribution >= 0.6 is 0 Å². The smallest absolute Gasteiger partial charge is 0.231 e. The average Bonchev–Trinajstić information content (AvgIpc) is 3.46. The molecule has 4 aromatic rings. The van der Waals surface area contributed by atoms with Crippen molar-refractivity contribution in [1.29, 1.82) is 0 Å². The third kappa shape index (κ3) is 2.24. The minimum absolute atomic E-state index is 0.135. The van der Waals surface area contributed by atoms with Gasteiger partial charge in [-0.05, 0) is 25.1 Å². The lowest BCUT2D eigenvalue weighted by Crippen LogP contribution is -1.96. The molecule has 0 radical (unpaired) electrons. The van der Waals surface area contributed by atoms with Gasteiger partial charge in [0, 0.05) is 52.4 Å². The summed E-state index contributed by atoms with van der Waals surface area (Å²) in [6.07, 6.45) is 3.33. The van der Waals surface area contributed by atoms with Crippen LogP contribution in [-0.2, 0) is 16.6 Å². The van der Waals surface area contributed by atoms with Crippen molar-refractivity contribution in [3.63, 3.8) is 0 Å². The van der Waals surface area contributed by atoms with E-state index < -0.39 is 0 Å². The quantitative estimate of drug-likeness (QED) is 0.467. The molecule has 0 bridgehead atoms. The summed E-state index contributed by atoms with van der Waals surface area (Å²) < 4.78 is 18.7. The number of hydrogen-bond acceptors (Lipinski definition) is 5. The second-order valence-electron chi connectivity index (χ2n) is 7.80. The zero-order chi connectivity index (χ0) is 20.6. The molecule has 1 aliphatic heterocycles. The van der Waals surface area contributed by atoms with Gasteiger partial charge in [0.1, 0.15) is 5.58 Å². The number of carbonyl (C=O) groups excluding carboxylic acids is 2. The van der Waals surface area contributed by atoms with Crippen LogP contribution in [0, 0.1) is 6.92 Å². The van der Waals surface area contributed by atoms with Crippen LogP contribution in [-0.4, -0.2) is 22.9 Å². The van der Waals surface area contributed by atoms with E-state index in [4.69, 9.17) is 13.9 Å². The fourth-order valence-electron chi connectivity index (χ4n) is 4.48. The van der Waals surface area contributed by atoms with Crippen LogP contribution in [0.1, 0.15) is 23.1 Å². The van der Waals surface area contributed by atoms with Crippen molar-refractivity contribution in [3.8, 4) is 11.5 Å². The molecule has 30 heavy (non-hydrogen) atoms. The Kier molecular flexibility index (Phi) is 3.34. The second kappa shape index (κ2) is 5.86. The van der Waals surface area contributed by atoms with Crippen LogP contribution in [0.5, 0.6) is 11.5 Å². The number of allylic oxidation sites excluding steroid dienone is 2. The maximum atomic E-state index is 13.0. The number of aryl methyl sites for hydroxylation is 2. The summed E-state index contributed by atoms with van der Waals surface area (Å²) in [5.74, 6) is 0.951. The molecule has 2 aromatic carbocycles. The van der Waals surface area contributed by atoms with Crippen LogP contribution < -0.4 is 9.47 Å². The largest absolute Gasteiger partial charge is 0.464 e. The van der Waals surface area contributed by atoms with Gasteiger partial charge in [-0.1, -0.05) is 11.6 Å². The molecule has 0 unspecified atom stereocenters. The number of carbonyl (C=O) groups is 2. The van der Waals surface area contributed by atoms with E-state index >= 15 is 0 Å². The SMILES string of the molecule is Cc1ccc2occ(C3=C(c4cn(C)c5cc6c(cc45)OCO6)C(=O)CC3=O)c2c1. The first-order chi connectivity index (χ1) is 14.5. The van der Waals surface area contributed by atoms with E-state index in [0.717, 1.165) is 27.4 Å². The zero-order valence-electron chi connectivity index (χ0n) is 16.4. The minimum atomic E-state index is -0.183. The number of Topliss-reactive ketones (excluding diaryl/α,β-unsaturated/α-hetero) is 2. The zero-order valence-corrected chi connectivity index (χ0v) is 16.4. The predicted octanol–water partition coefficient (Wildman–Crippen LogP) is 4.41. The van der Waals surface area contributed by atoms with E-state index in [-0.39, 0.29) is 24.8 Å². The molecule has 0 saturated carbocycles. The first-order valence-electron chi connectivity index (χ1n) is 9.69. The summed E-state index contributed by atoms with van der Waals surface area (Å²) in [6, 6.07) is 9.61. The molecule has 0 fully saturated rings. The highest BCUT2D eigenvalue weighted by Crippen LogP contribution is 2.44. The first kappa shape index (κ1) is 17.1. The Hall–Kier alpha value is -3.80. The molecule has 0 saturated heterocycles. The third-order valence-electron chi connectivity index (χ3n) is 5.88. The average molecular weight is 399 g/mol. The predicted molar refractivity (Wildman–Crippen MR) is 111 cm³/mol. The standard InChI is InChI=1S/C24H17NO5/c1-12-3-4-20-14(5-12)16(10-28-20)24-19(27)8-18(26)23(24)15-9-25(2)17-7-22-21(6-13(15)17)29-11-30-22/h3-7,9-10H,8,11H2,1-2H3. The van der Waals surface area contributed by atoms with Crippen molar-refractivity contribution in [2.45, 2.75) is 13.3 Å². The lowest BCUT2D eigenvalue weighted by atomic mass is 9.95. The number of benzene rings is 2. The fourth-order valence-corrected chi connectivity index (χ4v) is 4.48. The van der Waals surface area contributed by atoms with Gasteiger partial charge in [0.05, 0.1) is 18.2 Å². The number of aromatic nitrogens is 1. The molecule has 148 valence electrons. The van der Waals surface area contributed by atoms with E-state index in [2.05, 4.69) is 0 Å². The Morgan fingerprint density at radius 1 is 0.900 bits per heavy atom. The van der Waals surface area contributed by atoms with Crippen LogP contribution in [0.2, 0.25) is 0 Å². The first-order valence-corrected chi connectivity index (χ1v) is 9.69. The maximum absolute atomic E-state index is 13.0. The van der Waals surface area contributed by atoms with Crippen molar-refractivity contribution in [2.24, 2.45) is 7.05 Å². The Morgan fingerprint density at radius 3 is 2.43 bits per heavy atom. The van der Waals surface area contributed by atoms with Gasteiger partial charge in [-0.3, -0.25) is 9.59 Å². The number of ether oxygens (including phenoxy) is 2. The van der Waals surface area contributed by atoms with Gasteiger partial charge < -0.3 is 18.5 Å². The molecule has 2 aromatic heterocycles. The number of ketones is 2. The Morgan fingerprint density at radius 2 is 1.63 bits per heavy atom. The van der Waals surface area contributed by atoms with Gasteiger partial charge in [-0.2, -0.15) is 0 Å². The van der Waals surface area contributed by atoms with Crippen molar-refractivity contribution in [2.75, 3.05) is 6.79 Å². The summed E-state index contributed by atoms with van der Waals surface area (Å²) in [5, 5.41) is 1.68. The van der Waals surface area contributed by atoms with Gasteiger partial charge in [0.25, 0.3) is 0 Å². The molecular weight excluding hydrogens is 382 g/mol. The highest BCUT2D eigenvalue weighted by molar-refractivity contribution is 6.52. The molecule has 0 spiro atoms. The summed E-state index contributed by atoms with van der Waals surface area (Å²) in [7, 11) is 1.91. The topological polar surface area (TPSA) is 70.7 Å². The molecule has 1 aliphatic carbocycles. The van der Waals surface area contributed by atoms with Crippen molar-refractivity contribution < 1.29 is 23.5 Å². The maximum Gasteiger partial charge on any atom is 0.231 e. The van der Waals surface area contributed by atoms with E-state index in [1.807, 2.05) is 55.1 Å². The number of rotatable bonds is 2. The summed E-state index contributed by atoms with van der Waals surface area (Å²) in [6.45, 7) is 2.16. The summed E-state index contributed by atoms with van der Waals surface area (Å²) in [4.78, 5) is 26.0. The van der Waals surface area contributed by atoms with Crippen LogP contribution in [0.4, 0.5) is 0 Å². The lowest BCUT2D eigenvalue weighted by molar-refractivity contribution is -0.119. The fraction of sp³-hybridized carbons (Fsp3) is 0.167. The highest BCUT2D eigenvalue weighted by Gasteiger charge is 2.35. The van der Waals surface area contributed by atoms with Gasteiger partial charge >= 0.3 is 0 Å². The van der Waals surface area contributed by atoms with E-state index in [0.29, 0.717) is 33.8 Å². The minimum Gasteiger partial charge on any atom is -0.464 e. The third-order valence-corrected chi connectivity index (χ3v) is 5.88. The molecule has 3 heterocycles. The Balaban J connectivity index is 1.67. The van der Waals surface area contributed by atoms with Crippen LogP contribution in [0.25, 0.3) is 33.0 Å². The number of fused-ring (bicyclic) bond motifs is 3. The molecule has 0 atom stereocenters. The van der Waals surface area contributed by atoms with Crippen molar-refractivity contribution >= 4 is 44.6 Å². The molecule has 0 amide bonds. The number of nitrogens with zero attached hydrogens (tertiary/aromatic N) is 1. The van der Waals surface area contributed by atoms with Crippen molar-refractivity contribution in [3.05, 3.63) is 59.5 Å². The number of hydrogen-bond donors (Lipinski definition) is 0. The lowest BCUT2D eigenvalue weighted by Gasteiger charge is -2.05. The van der Waals surface area contributed by atoms with Gasteiger partial charge in [-0.15, -0.1) is 0 Å². The molecule has 6 heteroatoms. The number of furan rings is 1. The Bertz CT molecular complexity index is 1450. The molecule has 0 N–H and O–H groups in total. The molecular formula is C24H17NO5. The normalized spacial score (nSPS) is 15.9. The van der Waals surface area contributed by atoms with Gasteiger partial charge in [0.15, 0.2) is 23.1 Å². The highest BCUT2D eigenvalue weighted by atomic mass is 16.7. The van der Waals surface area contributed by atoms with Gasteiger partial charge in [0.2, 0.25) is 6.79 Å². The molecule has 2 aliphatic rings. The van der Waals surface area contributed by atoms with E-state index in [1.54, 1.807) is 6.26 Å². The second-order valence-corrected chi connectivity index (χ2v) is 7.80. The summed E-state index contributed by atoms with van der Waals surface area (Å²) >= 11 is 0. The molecule has 6 nitrogen and oxygen atoms in total.